The van der Waals surface area contributed by atoms with E-state index in [1.54, 1.807) is 6.20 Å². The average molecular weight is 207 g/mol. The molecule has 1 aliphatic heterocycles. The summed E-state index contributed by atoms with van der Waals surface area (Å²) in [6.07, 6.45) is 2.90. The molecule has 1 aromatic heterocycles. The van der Waals surface area contributed by atoms with Gasteiger partial charge in [0, 0.05) is 25.3 Å². The van der Waals surface area contributed by atoms with Crippen molar-refractivity contribution >= 4 is 11.5 Å². The van der Waals surface area contributed by atoms with Crippen LogP contribution in [0.4, 0.5) is 11.5 Å². The number of rotatable bonds is 3. The molecule has 0 spiro atoms. The highest BCUT2D eigenvalue weighted by molar-refractivity contribution is 5.64. The summed E-state index contributed by atoms with van der Waals surface area (Å²) in [4.78, 5) is 4.22. The van der Waals surface area contributed by atoms with E-state index in [1.165, 1.54) is 0 Å². The SMILES string of the molecule is Cc1ccnc(NCC2CCOC2)c1N. The molecule has 0 radical (unpaired) electrons. The second-order valence-electron chi connectivity index (χ2n) is 4.00. The Morgan fingerprint density at radius 3 is 3.27 bits per heavy atom. The first-order valence-electron chi connectivity index (χ1n) is 5.30. The zero-order valence-electron chi connectivity index (χ0n) is 8.99. The number of anilines is 2. The van der Waals surface area contributed by atoms with Gasteiger partial charge in [0.05, 0.1) is 12.3 Å². The van der Waals surface area contributed by atoms with Crippen LogP contribution in [-0.4, -0.2) is 24.7 Å². The van der Waals surface area contributed by atoms with Crippen molar-refractivity contribution in [1.29, 1.82) is 0 Å². The summed E-state index contributed by atoms with van der Waals surface area (Å²) >= 11 is 0. The number of ether oxygens (including phenoxy) is 1. The molecule has 15 heavy (non-hydrogen) atoms. The van der Waals surface area contributed by atoms with Crippen LogP contribution >= 0.6 is 0 Å². The highest BCUT2D eigenvalue weighted by atomic mass is 16.5. The van der Waals surface area contributed by atoms with Gasteiger partial charge >= 0.3 is 0 Å². The summed E-state index contributed by atoms with van der Waals surface area (Å²) in [5, 5.41) is 3.28. The lowest BCUT2D eigenvalue weighted by Gasteiger charge is -2.12. The van der Waals surface area contributed by atoms with Gasteiger partial charge in [0.1, 0.15) is 5.82 Å². The van der Waals surface area contributed by atoms with Crippen LogP contribution in [-0.2, 0) is 4.74 Å². The zero-order valence-corrected chi connectivity index (χ0v) is 8.99. The second kappa shape index (κ2) is 4.49. The van der Waals surface area contributed by atoms with Crippen LogP contribution in [0.2, 0.25) is 0 Å². The molecule has 1 saturated heterocycles. The van der Waals surface area contributed by atoms with Gasteiger partial charge in [-0.05, 0) is 25.0 Å². The van der Waals surface area contributed by atoms with Crippen molar-refractivity contribution in [2.75, 3.05) is 30.8 Å². The third-order valence-corrected chi connectivity index (χ3v) is 2.79. The van der Waals surface area contributed by atoms with E-state index >= 15 is 0 Å². The summed E-state index contributed by atoms with van der Waals surface area (Å²) in [6, 6.07) is 1.92. The van der Waals surface area contributed by atoms with Crippen molar-refractivity contribution in [3.05, 3.63) is 17.8 Å². The number of nitrogens with one attached hydrogen (secondary N) is 1. The molecule has 2 heterocycles. The number of pyridine rings is 1. The monoisotopic (exact) mass is 207 g/mol. The van der Waals surface area contributed by atoms with Crippen LogP contribution in [0.3, 0.4) is 0 Å². The number of aromatic nitrogens is 1. The van der Waals surface area contributed by atoms with Crippen molar-refractivity contribution < 1.29 is 4.74 Å². The number of nitrogens with zero attached hydrogens (tertiary/aromatic N) is 1. The molecule has 1 unspecified atom stereocenters. The molecule has 1 aliphatic rings. The highest BCUT2D eigenvalue weighted by Crippen LogP contribution is 2.20. The van der Waals surface area contributed by atoms with Gasteiger partial charge in [0.15, 0.2) is 0 Å². The van der Waals surface area contributed by atoms with Gasteiger partial charge in [-0.25, -0.2) is 4.98 Å². The van der Waals surface area contributed by atoms with E-state index in [0.717, 1.165) is 43.2 Å². The molecule has 3 N–H and O–H groups in total. The molecule has 0 aromatic carbocycles. The van der Waals surface area contributed by atoms with E-state index in [1.807, 2.05) is 13.0 Å². The number of hydrogen-bond donors (Lipinski definition) is 2. The van der Waals surface area contributed by atoms with Gasteiger partial charge in [-0.2, -0.15) is 0 Å². The van der Waals surface area contributed by atoms with Gasteiger partial charge < -0.3 is 15.8 Å². The fraction of sp³-hybridized carbons (Fsp3) is 0.545. The van der Waals surface area contributed by atoms with E-state index in [9.17, 15) is 0 Å². The second-order valence-corrected chi connectivity index (χ2v) is 4.00. The van der Waals surface area contributed by atoms with Crippen LogP contribution < -0.4 is 11.1 Å². The number of nitrogens with two attached hydrogens (primary N) is 1. The van der Waals surface area contributed by atoms with Gasteiger partial charge in [0.25, 0.3) is 0 Å². The Bertz CT molecular complexity index is 335. The van der Waals surface area contributed by atoms with E-state index in [4.69, 9.17) is 10.5 Å². The van der Waals surface area contributed by atoms with E-state index in [2.05, 4.69) is 10.3 Å². The molecule has 2 rings (SSSR count). The van der Waals surface area contributed by atoms with Crippen molar-refractivity contribution in [3.8, 4) is 0 Å². The Hall–Kier alpha value is -1.29. The lowest BCUT2D eigenvalue weighted by molar-refractivity contribution is 0.187. The van der Waals surface area contributed by atoms with Crippen LogP contribution in [0.15, 0.2) is 12.3 Å². The Balaban J connectivity index is 1.95. The standard InChI is InChI=1S/C11H17N3O/c1-8-2-4-13-11(10(8)12)14-6-9-3-5-15-7-9/h2,4,9H,3,5-7,12H2,1H3,(H,13,14). The van der Waals surface area contributed by atoms with Crippen LogP contribution in [0.1, 0.15) is 12.0 Å². The van der Waals surface area contributed by atoms with Crippen molar-refractivity contribution in [2.45, 2.75) is 13.3 Å². The van der Waals surface area contributed by atoms with E-state index in [-0.39, 0.29) is 0 Å². The fourth-order valence-corrected chi connectivity index (χ4v) is 1.70. The van der Waals surface area contributed by atoms with Crippen molar-refractivity contribution in [2.24, 2.45) is 5.92 Å². The summed E-state index contributed by atoms with van der Waals surface area (Å²) in [5.41, 5.74) is 7.72. The molecule has 1 atom stereocenters. The lowest BCUT2D eigenvalue weighted by atomic mass is 10.1. The maximum absolute atomic E-state index is 5.91. The predicted octanol–water partition coefficient (Wildman–Crippen LogP) is 1.42. The van der Waals surface area contributed by atoms with E-state index < -0.39 is 0 Å². The first kappa shape index (κ1) is 10.2. The number of nitrogen functional groups attached to an aromatic ring is 1. The predicted molar refractivity (Wildman–Crippen MR) is 60.8 cm³/mol. The molecule has 0 aliphatic carbocycles. The van der Waals surface area contributed by atoms with Crippen molar-refractivity contribution in [3.63, 3.8) is 0 Å². The molecule has 0 bridgehead atoms. The minimum Gasteiger partial charge on any atom is -0.396 e. The van der Waals surface area contributed by atoms with Gasteiger partial charge in [-0.15, -0.1) is 0 Å². The largest absolute Gasteiger partial charge is 0.396 e. The highest BCUT2D eigenvalue weighted by Gasteiger charge is 2.15. The quantitative estimate of drug-likeness (QED) is 0.787. The van der Waals surface area contributed by atoms with Gasteiger partial charge in [0.2, 0.25) is 0 Å². The first-order valence-corrected chi connectivity index (χ1v) is 5.30. The minimum absolute atomic E-state index is 0.590. The summed E-state index contributed by atoms with van der Waals surface area (Å²) in [7, 11) is 0. The molecule has 1 aromatic rings. The summed E-state index contributed by atoms with van der Waals surface area (Å²) in [5.74, 6) is 1.38. The third-order valence-electron chi connectivity index (χ3n) is 2.79. The van der Waals surface area contributed by atoms with Gasteiger partial charge in [-0.1, -0.05) is 0 Å². The maximum atomic E-state index is 5.91. The molecular formula is C11H17N3O. The molecule has 4 nitrogen and oxygen atoms in total. The molecule has 82 valence electrons. The summed E-state index contributed by atoms with van der Waals surface area (Å²) in [6.45, 7) is 4.60. The molecule has 0 amide bonds. The lowest BCUT2D eigenvalue weighted by Crippen LogP contribution is -2.16. The van der Waals surface area contributed by atoms with Gasteiger partial charge in [-0.3, -0.25) is 0 Å². The smallest absolute Gasteiger partial charge is 0.149 e. The van der Waals surface area contributed by atoms with Crippen molar-refractivity contribution in [1.82, 2.24) is 4.98 Å². The molecule has 0 saturated carbocycles. The van der Waals surface area contributed by atoms with Crippen LogP contribution in [0.5, 0.6) is 0 Å². The molecular weight excluding hydrogens is 190 g/mol. The Labute approximate surface area is 89.8 Å². The normalized spacial score (nSPS) is 20.5. The van der Waals surface area contributed by atoms with Crippen LogP contribution in [0, 0.1) is 12.8 Å². The zero-order chi connectivity index (χ0) is 10.7. The Kier molecular flexibility index (Phi) is 3.06. The number of aryl methyl sites for hydroxylation is 1. The Morgan fingerprint density at radius 2 is 2.53 bits per heavy atom. The maximum Gasteiger partial charge on any atom is 0.149 e. The third kappa shape index (κ3) is 2.39. The van der Waals surface area contributed by atoms with Crippen LogP contribution in [0.25, 0.3) is 0 Å². The fourth-order valence-electron chi connectivity index (χ4n) is 1.70. The first-order chi connectivity index (χ1) is 7.27. The average Bonchev–Trinajstić information content (AvgIpc) is 2.73. The van der Waals surface area contributed by atoms with E-state index in [0.29, 0.717) is 5.92 Å². The topological polar surface area (TPSA) is 60.2 Å². The molecule has 1 fully saturated rings. The summed E-state index contributed by atoms with van der Waals surface area (Å²) < 4.78 is 5.31. The minimum atomic E-state index is 0.590. The number of hydrogen-bond acceptors (Lipinski definition) is 4. The Morgan fingerprint density at radius 1 is 1.67 bits per heavy atom. The molecule has 4 heteroatoms.